The van der Waals surface area contributed by atoms with Crippen molar-refractivity contribution in [1.82, 2.24) is 10.6 Å². The molecular weight excluding hydrogens is 203 g/mol. The zero-order valence-electron chi connectivity index (χ0n) is 6.63. The van der Waals surface area contributed by atoms with Crippen LogP contribution >= 0.6 is 0 Å². The molecule has 74 valence electrons. The van der Waals surface area contributed by atoms with E-state index in [-0.39, 0.29) is 0 Å². The lowest BCUT2D eigenvalue weighted by atomic mass is 10.1. The van der Waals surface area contributed by atoms with Gasteiger partial charge in [0, 0.05) is 0 Å². The molecule has 0 aromatic heterocycles. The van der Waals surface area contributed by atoms with Crippen molar-refractivity contribution in [2.75, 3.05) is 5.75 Å². The van der Waals surface area contributed by atoms with Gasteiger partial charge in [-0.1, -0.05) is 0 Å². The predicted molar refractivity (Wildman–Crippen MR) is 40.0 cm³/mol. The molecule has 3 amide bonds. The third kappa shape index (κ3) is 2.14. The molecule has 0 aromatic carbocycles. The number of imide groups is 1. The molecule has 0 aliphatic carbocycles. The van der Waals surface area contributed by atoms with Crippen molar-refractivity contribution in [3.05, 3.63) is 0 Å². The minimum atomic E-state index is -4.80. The van der Waals surface area contributed by atoms with Crippen LogP contribution in [0.15, 0.2) is 0 Å². The zero-order valence-corrected chi connectivity index (χ0v) is 7.44. The first-order valence-electron chi connectivity index (χ1n) is 3.29. The lowest BCUT2D eigenvalue weighted by Gasteiger charge is -2.16. The Morgan fingerprint density at radius 2 is 2.00 bits per heavy atom. The summed E-state index contributed by atoms with van der Waals surface area (Å²) in [5.74, 6) is -1.91. The van der Waals surface area contributed by atoms with Gasteiger partial charge in [-0.05, 0) is 6.92 Å². The van der Waals surface area contributed by atoms with Gasteiger partial charge in [-0.15, -0.1) is 3.89 Å². The van der Waals surface area contributed by atoms with Gasteiger partial charge in [-0.2, -0.15) is 8.42 Å². The summed E-state index contributed by atoms with van der Waals surface area (Å²) >= 11 is 0. The Kier molecular flexibility index (Phi) is 2.02. The summed E-state index contributed by atoms with van der Waals surface area (Å²) in [5, 5.41) is 3.83. The van der Waals surface area contributed by atoms with Gasteiger partial charge in [0.05, 0.1) is 0 Å². The van der Waals surface area contributed by atoms with Crippen molar-refractivity contribution >= 4 is 22.2 Å². The van der Waals surface area contributed by atoms with Gasteiger partial charge in [0.25, 0.3) is 5.91 Å². The lowest BCUT2D eigenvalue weighted by molar-refractivity contribution is -0.122. The first-order chi connectivity index (χ1) is 5.73. The minimum absolute atomic E-state index is 0.823. The molecule has 0 spiro atoms. The maximum absolute atomic E-state index is 12.2. The van der Waals surface area contributed by atoms with Crippen molar-refractivity contribution < 1.29 is 21.9 Å². The minimum Gasteiger partial charge on any atom is -0.322 e. The van der Waals surface area contributed by atoms with Crippen LogP contribution < -0.4 is 10.6 Å². The topological polar surface area (TPSA) is 92.3 Å². The van der Waals surface area contributed by atoms with Gasteiger partial charge in [0.2, 0.25) is 0 Å². The van der Waals surface area contributed by atoms with E-state index in [4.69, 9.17) is 0 Å². The fraction of sp³-hybridized carbons (Fsp3) is 0.600. The molecule has 1 saturated heterocycles. The van der Waals surface area contributed by atoms with Crippen LogP contribution in [0, 0.1) is 0 Å². The molecule has 1 rings (SSSR count). The highest BCUT2D eigenvalue weighted by Gasteiger charge is 2.45. The van der Waals surface area contributed by atoms with E-state index in [1.807, 2.05) is 10.6 Å². The van der Waals surface area contributed by atoms with E-state index in [2.05, 4.69) is 0 Å². The second-order valence-electron chi connectivity index (χ2n) is 2.92. The second kappa shape index (κ2) is 2.66. The SMILES string of the molecule is CC1(CS(=O)(=O)F)NC(=O)NC1=O. The van der Waals surface area contributed by atoms with Crippen LogP contribution in [0.3, 0.4) is 0 Å². The first kappa shape index (κ1) is 9.90. The Hall–Kier alpha value is -1.18. The van der Waals surface area contributed by atoms with Crippen LogP contribution in [0.2, 0.25) is 0 Å². The molecule has 1 aliphatic rings. The molecule has 1 atom stereocenters. The van der Waals surface area contributed by atoms with Crippen LogP contribution in [-0.4, -0.2) is 31.6 Å². The van der Waals surface area contributed by atoms with E-state index < -0.39 is 33.5 Å². The summed E-state index contributed by atoms with van der Waals surface area (Å²) in [6.45, 7) is 1.13. The van der Waals surface area contributed by atoms with E-state index in [0.717, 1.165) is 6.92 Å². The van der Waals surface area contributed by atoms with Crippen LogP contribution in [0.1, 0.15) is 6.92 Å². The highest BCUT2D eigenvalue weighted by molar-refractivity contribution is 7.86. The molecule has 13 heavy (non-hydrogen) atoms. The van der Waals surface area contributed by atoms with Gasteiger partial charge in [0.15, 0.2) is 0 Å². The summed E-state index contributed by atoms with van der Waals surface area (Å²) in [5.41, 5.74) is -1.70. The summed E-state index contributed by atoms with van der Waals surface area (Å²) in [6, 6.07) is -0.823. The molecule has 0 radical (unpaired) electrons. The zero-order chi connectivity index (χ0) is 10.3. The van der Waals surface area contributed by atoms with Crippen LogP contribution in [0.25, 0.3) is 0 Å². The molecule has 1 heterocycles. The van der Waals surface area contributed by atoms with E-state index in [1.54, 1.807) is 0 Å². The van der Waals surface area contributed by atoms with E-state index in [0.29, 0.717) is 0 Å². The average molecular weight is 210 g/mol. The number of carbonyl (C=O) groups excluding carboxylic acids is 2. The average Bonchev–Trinajstić information content (AvgIpc) is 2.00. The maximum Gasteiger partial charge on any atom is 0.322 e. The first-order valence-corrected chi connectivity index (χ1v) is 4.84. The second-order valence-corrected chi connectivity index (χ2v) is 4.29. The van der Waals surface area contributed by atoms with Gasteiger partial charge in [-0.25, -0.2) is 4.79 Å². The fourth-order valence-corrected chi connectivity index (χ4v) is 1.92. The molecule has 0 aromatic rings. The molecule has 6 nitrogen and oxygen atoms in total. The highest BCUT2D eigenvalue weighted by atomic mass is 32.3. The van der Waals surface area contributed by atoms with Crippen LogP contribution in [0.5, 0.6) is 0 Å². The quantitative estimate of drug-likeness (QED) is 0.446. The largest absolute Gasteiger partial charge is 0.322 e. The summed E-state index contributed by atoms with van der Waals surface area (Å²) in [4.78, 5) is 21.6. The van der Waals surface area contributed by atoms with Crippen LogP contribution in [-0.2, 0) is 15.0 Å². The summed E-state index contributed by atoms with van der Waals surface area (Å²) < 4.78 is 32.7. The number of halogens is 1. The number of amides is 3. The molecule has 0 bridgehead atoms. The number of hydrogen-bond donors (Lipinski definition) is 2. The number of carbonyl (C=O) groups is 2. The van der Waals surface area contributed by atoms with Crippen molar-refractivity contribution in [2.24, 2.45) is 0 Å². The van der Waals surface area contributed by atoms with Crippen LogP contribution in [0.4, 0.5) is 8.68 Å². The standard InChI is InChI=1S/C5H7FN2O4S/c1-5(2-13(6,11)12)3(9)7-4(10)8-5/h2H2,1H3,(H2,7,8,9,10). The summed E-state index contributed by atoms with van der Waals surface area (Å²) in [7, 11) is -4.80. The molecule has 2 N–H and O–H groups in total. The van der Waals surface area contributed by atoms with Crippen molar-refractivity contribution in [3.8, 4) is 0 Å². The number of rotatable bonds is 2. The monoisotopic (exact) mass is 210 g/mol. The fourth-order valence-electron chi connectivity index (χ4n) is 1.03. The Bertz CT molecular complexity index is 365. The Morgan fingerprint density at radius 1 is 1.46 bits per heavy atom. The molecule has 1 fully saturated rings. The molecule has 8 heteroatoms. The predicted octanol–water partition coefficient (Wildman–Crippen LogP) is -1.12. The van der Waals surface area contributed by atoms with Gasteiger partial charge < -0.3 is 5.32 Å². The molecule has 1 unspecified atom stereocenters. The van der Waals surface area contributed by atoms with E-state index in [1.165, 1.54) is 0 Å². The normalized spacial score (nSPS) is 28.5. The van der Waals surface area contributed by atoms with Crippen molar-refractivity contribution in [1.29, 1.82) is 0 Å². The Balaban J connectivity index is 2.90. The summed E-state index contributed by atoms with van der Waals surface area (Å²) in [6.07, 6.45) is 0. The van der Waals surface area contributed by atoms with Gasteiger partial charge >= 0.3 is 16.3 Å². The number of nitrogens with one attached hydrogen (secondary N) is 2. The van der Waals surface area contributed by atoms with E-state index >= 15 is 0 Å². The molecule has 0 saturated carbocycles. The molecule has 1 aliphatic heterocycles. The molecular formula is C5H7FN2O4S. The van der Waals surface area contributed by atoms with Crippen molar-refractivity contribution in [2.45, 2.75) is 12.5 Å². The third-order valence-corrected chi connectivity index (χ3v) is 2.50. The smallest absolute Gasteiger partial charge is 0.322 e. The van der Waals surface area contributed by atoms with Gasteiger partial charge in [0.1, 0.15) is 11.3 Å². The van der Waals surface area contributed by atoms with Crippen molar-refractivity contribution in [3.63, 3.8) is 0 Å². The number of hydrogen-bond acceptors (Lipinski definition) is 4. The van der Waals surface area contributed by atoms with E-state index in [9.17, 15) is 21.9 Å². The number of urea groups is 1. The Morgan fingerprint density at radius 3 is 2.31 bits per heavy atom. The Labute approximate surface area is 73.7 Å². The lowest BCUT2D eigenvalue weighted by Crippen LogP contribution is -2.48. The highest BCUT2D eigenvalue weighted by Crippen LogP contribution is 2.13. The van der Waals surface area contributed by atoms with Gasteiger partial charge in [-0.3, -0.25) is 10.1 Å². The third-order valence-electron chi connectivity index (χ3n) is 1.58. The maximum atomic E-state index is 12.2.